The van der Waals surface area contributed by atoms with Gasteiger partial charge in [0.1, 0.15) is 5.82 Å². The second-order valence-electron chi connectivity index (χ2n) is 4.69. The van der Waals surface area contributed by atoms with Crippen LogP contribution in [0.3, 0.4) is 0 Å². The Bertz CT molecular complexity index is 791. The molecule has 0 radical (unpaired) electrons. The number of rotatable bonds is 4. The van der Waals surface area contributed by atoms with Gasteiger partial charge in [0.25, 0.3) is 5.91 Å². The van der Waals surface area contributed by atoms with E-state index in [4.69, 9.17) is 10.2 Å². The summed E-state index contributed by atoms with van der Waals surface area (Å²) in [5.41, 5.74) is -2.12. The molecule has 126 valence electrons. The van der Waals surface area contributed by atoms with E-state index in [1.54, 1.807) is 0 Å². The summed E-state index contributed by atoms with van der Waals surface area (Å²) in [6.45, 7) is -0.371. The number of aliphatic hydroxyl groups excluding tert-OH is 1. The highest BCUT2D eigenvalue weighted by Gasteiger charge is 2.32. The van der Waals surface area contributed by atoms with Crippen molar-refractivity contribution in [3.8, 4) is 0 Å². The molecule has 0 unspecified atom stereocenters. The van der Waals surface area contributed by atoms with Gasteiger partial charge in [-0.15, -0.1) is 0 Å². The second kappa shape index (κ2) is 6.67. The Labute approximate surface area is 133 Å². The number of aliphatic hydroxyl groups is 1. The number of amides is 1. The molecule has 2 aromatic rings. The van der Waals surface area contributed by atoms with Crippen LogP contribution < -0.4 is 5.32 Å². The minimum Gasteiger partial charge on any atom is -0.478 e. The van der Waals surface area contributed by atoms with Crippen molar-refractivity contribution in [1.82, 2.24) is 4.98 Å². The minimum absolute atomic E-state index is 0.0304. The van der Waals surface area contributed by atoms with E-state index in [1.165, 1.54) is 18.2 Å². The van der Waals surface area contributed by atoms with Crippen LogP contribution in [-0.4, -0.2) is 27.1 Å². The van der Waals surface area contributed by atoms with Gasteiger partial charge in [0.05, 0.1) is 29.0 Å². The number of nitrogens with zero attached hydrogens (tertiary/aromatic N) is 1. The SMILES string of the molecule is O=C(O)c1cc(C(F)(F)F)ccc1C(=O)Nc1cccc(CO)n1. The van der Waals surface area contributed by atoms with Gasteiger partial charge in [-0.25, -0.2) is 9.78 Å². The normalized spacial score (nSPS) is 11.2. The van der Waals surface area contributed by atoms with Crippen LogP contribution in [0.25, 0.3) is 0 Å². The first-order valence-electron chi connectivity index (χ1n) is 6.55. The zero-order valence-corrected chi connectivity index (χ0v) is 12.0. The van der Waals surface area contributed by atoms with Crippen LogP contribution in [0.2, 0.25) is 0 Å². The molecule has 1 aromatic heterocycles. The number of hydrogen-bond acceptors (Lipinski definition) is 4. The van der Waals surface area contributed by atoms with Crippen molar-refractivity contribution in [3.05, 3.63) is 58.8 Å². The molecule has 2 rings (SSSR count). The number of anilines is 1. The maximum absolute atomic E-state index is 12.7. The lowest BCUT2D eigenvalue weighted by atomic mass is 10.0. The maximum Gasteiger partial charge on any atom is 0.416 e. The van der Waals surface area contributed by atoms with E-state index in [2.05, 4.69) is 10.3 Å². The van der Waals surface area contributed by atoms with Gasteiger partial charge in [-0.2, -0.15) is 13.2 Å². The molecule has 6 nitrogen and oxygen atoms in total. The number of aromatic carboxylic acids is 1. The highest BCUT2D eigenvalue weighted by atomic mass is 19.4. The highest BCUT2D eigenvalue weighted by Crippen LogP contribution is 2.30. The molecule has 0 saturated heterocycles. The van der Waals surface area contributed by atoms with Crippen molar-refractivity contribution < 1.29 is 33.0 Å². The zero-order valence-electron chi connectivity index (χ0n) is 12.0. The van der Waals surface area contributed by atoms with E-state index < -0.39 is 34.7 Å². The average Bonchev–Trinajstić information content (AvgIpc) is 2.53. The summed E-state index contributed by atoms with van der Waals surface area (Å²) < 4.78 is 38.0. The molecule has 0 aliphatic rings. The van der Waals surface area contributed by atoms with E-state index in [-0.39, 0.29) is 18.1 Å². The van der Waals surface area contributed by atoms with E-state index in [1.807, 2.05) is 0 Å². The number of carbonyl (C=O) groups is 2. The van der Waals surface area contributed by atoms with Crippen molar-refractivity contribution in [2.75, 3.05) is 5.32 Å². The lowest BCUT2D eigenvalue weighted by molar-refractivity contribution is -0.137. The molecule has 0 atom stereocenters. The molecule has 0 aliphatic heterocycles. The van der Waals surface area contributed by atoms with Gasteiger partial charge in [0, 0.05) is 0 Å². The molecule has 0 fully saturated rings. The van der Waals surface area contributed by atoms with Crippen LogP contribution in [0.15, 0.2) is 36.4 Å². The van der Waals surface area contributed by atoms with Crippen molar-refractivity contribution in [3.63, 3.8) is 0 Å². The standard InChI is InChI=1S/C15H11F3N2O4/c16-15(17,18)8-4-5-10(11(6-8)14(23)24)13(22)20-12-3-1-2-9(7-21)19-12/h1-6,21H,7H2,(H,23,24)(H,19,20,22). The Hall–Kier alpha value is -2.94. The molecule has 0 aliphatic carbocycles. The maximum atomic E-state index is 12.7. The van der Waals surface area contributed by atoms with Gasteiger partial charge in [-0.05, 0) is 30.3 Å². The third kappa shape index (κ3) is 3.87. The number of aromatic nitrogens is 1. The van der Waals surface area contributed by atoms with Crippen LogP contribution in [0.4, 0.5) is 19.0 Å². The molecule has 3 N–H and O–H groups in total. The summed E-state index contributed by atoms with van der Waals surface area (Å²) in [4.78, 5) is 27.2. The van der Waals surface area contributed by atoms with Gasteiger partial charge >= 0.3 is 12.1 Å². The highest BCUT2D eigenvalue weighted by molar-refractivity contribution is 6.10. The Morgan fingerprint density at radius 3 is 2.42 bits per heavy atom. The summed E-state index contributed by atoms with van der Waals surface area (Å²) in [6.07, 6.45) is -4.73. The molecule has 1 amide bonds. The molecule has 1 aromatic carbocycles. The fourth-order valence-corrected chi connectivity index (χ4v) is 1.92. The van der Waals surface area contributed by atoms with Gasteiger partial charge in [-0.3, -0.25) is 4.79 Å². The first-order valence-corrected chi connectivity index (χ1v) is 6.55. The molecule has 9 heteroatoms. The summed E-state index contributed by atoms with van der Waals surface area (Å²) >= 11 is 0. The van der Waals surface area contributed by atoms with Gasteiger partial charge in [0.2, 0.25) is 0 Å². The Kier molecular flexibility index (Phi) is 4.84. The number of carbonyl (C=O) groups excluding carboxylic acids is 1. The number of halogens is 3. The van der Waals surface area contributed by atoms with Crippen LogP contribution in [-0.2, 0) is 12.8 Å². The monoisotopic (exact) mass is 340 g/mol. The molecular formula is C15H11F3N2O4. The fraction of sp³-hybridized carbons (Fsp3) is 0.133. The summed E-state index contributed by atoms with van der Waals surface area (Å²) in [5.74, 6) is -2.56. The molecule has 24 heavy (non-hydrogen) atoms. The van der Waals surface area contributed by atoms with Crippen molar-refractivity contribution >= 4 is 17.7 Å². The van der Waals surface area contributed by atoms with Crippen LogP contribution in [0.1, 0.15) is 32.0 Å². The number of pyridine rings is 1. The van der Waals surface area contributed by atoms with E-state index in [0.29, 0.717) is 12.1 Å². The van der Waals surface area contributed by atoms with Crippen LogP contribution >= 0.6 is 0 Å². The third-order valence-corrected chi connectivity index (χ3v) is 3.03. The van der Waals surface area contributed by atoms with Crippen molar-refractivity contribution in [2.24, 2.45) is 0 Å². The van der Waals surface area contributed by atoms with Crippen molar-refractivity contribution in [2.45, 2.75) is 12.8 Å². The lowest BCUT2D eigenvalue weighted by Crippen LogP contribution is -2.18. The van der Waals surface area contributed by atoms with Gasteiger partial charge < -0.3 is 15.5 Å². The van der Waals surface area contributed by atoms with E-state index >= 15 is 0 Å². The van der Waals surface area contributed by atoms with Gasteiger partial charge in [0.15, 0.2) is 0 Å². The lowest BCUT2D eigenvalue weighted by Gasteiger charge is -2.11. The molecule has 0 spiro atoms. The zero-order chi connectivity index (χ0) is 17.9. The van der Waals surface area contributed by atoms with Crippen LogP contribution in [0, 0.1) is 0 Å². The van der Waals surface area contributed by atoms with Crippen molar-refractivity contribution in [1.29, 1.82) is 0 Å². The predicted molar refractivity (Wildman–Crippen MR) is 76.5 cm³/mol. The van der Waals surface area contributed by atoms with E-state index in [0.717, 1.165) is 6.07 Å². The number of carboxylic acid groups (broad SMARTS) is 1. The molecule has 0 saturated carbocycles. The Morgan fingerprint density at radius 1 is 1.12 bits per heavy atom. The third-order valence-electron chi connectivity index (χ3n) is 3.03. The molecule has 0 bridgehead atoms. The Balaban J connectivity index is 2.36. The number of hydrogen-bond donors (Lipinski definition) is 3. The summed E-state index contributed by atoms with van der Waals surface area (Å²) in [6, 6.07) is 6.20. The number of carboxylic acids is 1. The van der Waals surface area contributed by atoms with E-state index in [9.17, 15) is 22.8 Å². The molecule has 1 heterocycles. The first-order chi connectivity index (χ1) is 11.2. The smallest absolute Gasteiger partial charge is 0.416 e. The summed E-state index contributed by atoms with van der Waals surface area (Å²) in [5, 5.41) is 20.3. The second-order valence-corrected chi connectivity index (χ2v) is 4.69. The minimum atomic E-state index is -4.73. The number of benzene rings is 1. The Morgan fingerprint density at radius 2 is 1.83 bits per heavy atom. The van der Waals surface area contributed by atoms with Gasteiger partial charge in [-0.1, -0.05) is 6.07 Å². The van der Waals surface area contributed by atoms with Crippen LogP contribution in [0.5, 0.6) is 0 Å². The fourth-order valence-electron chi connectivity index (χ4n) is 1.92. The average molecular weight is 340 g/mol. The largest absolute Gasteiger partial charge is 0.478 e. The topological polar surface area (TPSA) is 99.5 Å². The summed E-state index contributed by atoms with van der Waals surface area (Å²) in [7, 11) is 0. The molecular weight excluding hydrogens is 329 g/mol. The quantitative estimate of drug-likeness (QED) is 0.794. The first kappa shape index (κ1) is 17.4. The number of alkyl halides is 3. The number of nitrogens with one attached hydrogen (secondary N) is 1. The predicted octanol–water partition coefficient (Wildman–Crippen LogP) is 2.54.